The fourth-order valence-corrected chi connectivity index (χ4v) is 2.65. The first kappa shape index (κ1) is 15.4. The summed E-state index contributed by atoms with van der Waals surface area (Å²) in [7, 11) is 4.23. The fraction of sp³-hybridized carbons (Fsp3) is 0.929. The Morgan fingerprint density at radius 3 is 2.67 bits per heavy atom. The maximum atomic E-state index is 11.0. The molecule has 1 aliphatic heterocycles. The van der Waals surface area contributed by atoms with Crippen molar-refractivity contribution in [2.75, 3.05) is 33.7 Å². The minimum atomic E-state index is -0.686. The Kier molecular flexibility index (Phi) is 5.60. The zero-order chi connectivity index (χ0) is 13.8. The number of likely N-dealkylation sites (tertiary alicyclic amines) is 1. The van der Waals surface area contributed by atoms with Gasteiger partial charge < -0.3 is 10.0 Å². The van der Waals surface area contributed by atoms with Gasteiger partial charge in [0.25, 0.3) is 0 Å². The number of carboxylic acid groups (broad SMARTS) is 1. The third-order valence-electron chi connectivity index (χ3n) is 3.90. The van der Waals surface area contributed by atoms with Gasteiger partial charge in [0.15, 0.2) is 0 Å². The number of carbonyl (C=O) groups is 1. The van der Waals surface area contributed by atoms with E-state index in [9.17, 15) is 4.79 Å². The van der Waals surface area contributed by atoms with Crippen LogP contribution in [0.25, 0.3) is 0 Å². The third kappa shape index (κ3) is 4.58. The Bertz CT molecular complexity index is 277. The Morgan fingerprint density at radius 2 is 2.11 bits per heavy atom. The van der Waals surface area contributed by atoms with Gasteiger partial charge in [-0.05, 0) is 66.7 Å². The van der Waals surface area contributed by atoms with Crippen LogP contribution in [0.15, 0.2) is 0 Å². The molecular weight excluding hydrogens is 228 g/mol. The lowest BCUT2D eigenvalue weighted by atomic mass is 9.88. The van der Waals surface area contributed by atoms with E-state index in [1.165, 1.54) is 19.4 Å². The summed E-state index contributed by atoms with van der Waals surface area (Å²) in [6.45, 7) is 6.96. The van der Waals surface area contributed by atoms with Crippen molar-refractivity contribution in [2.24, 2.45) is 5.41 Å². The second-order valence-electron chi connectivity index (χ2n) is 6.39. The lowest BCUT2D eigenvalue weighted by molar-refractivity contribution is -0.147. The average molecular weight is 256 g/mol. The topological polar surface area (TPSA) is 43.8 Å². The first-order chi connectivity index (χ1) is 8.33. The van der Waals surface area contributed by atoms with Crippen molar-refractivity contribution < 1.29 is 9.90 Å². The minimum absolute atomic E-state index is 0.587. The molecule has 1 atom stereocenters. The SMILES string of the molecule is CN(C)CC1CCCN1CCCC(C)(C)C(=O)O. The van der Waals surface area contributed by atoms with Crippen LogP contribution in [0.4, 0.5) is 0 Å². The molecule has 1 unspecified atom stereocenters. The van der Waals surface area contributed by atoms with Crippen LogP contribution < -0.4 is 0 Å². The van der Waals surface area contributed by atoms with E-state index < -0.39 is 11.4 Å². The van der Waals surface area contributed by atoms with E-state index in [2.05, 4.69) is 23.9 Å². The van der Waals surface area contributed by atoms with Crippen molar-refractivity contribution in [3.05, 3.63) is 0 Å². The van der Waals surface area contributed by atoms with Gasteiger partial charge in [-0.2, -0.15) is 0 Å². The molecule has 18 heavy (non-hydrogen) atoms. The van der Waals surface area contributed by atoms with Crippen LogP contribution >= 0.6 is 0 Å². The molecule has 0 amide bonds. The average Bonchev–Trinajstić information content (AvgIpc) is 2.64. The number of hydrogen-bond donors (Lipinski definition) is 1. The molecule has 1 rings (SSSR count). The van der Waals surface area contributed by atoms with E-state index in [4.69, 9.17) is 5.11 Å². The molecule has 0 saturated carbocycles. The van der Waals surface area contributed by atoms with Crippen molar-refractivity contribution in [1.29, 1.82) is 0 Å². The molecule has 0 aliphatic carbocycles. The molecule has 1 saturated heterocycles. The fourth-order valence-electron chi connectivity index (χ4n) is 2.65. The highest BCUT2D eigenvalue weighted by molar-refractivity contribution is 5.73. The van der Waals surface area contributed by atoms with Gasteiger partial charge in [0.05, 0.1) is 5.41 Å². The van der Waals surface area contributed by atoms with Gasteiger partial charge >= 0.3 is 5.97 Å². The first-order valence-corrected chi connectivity index (χ1v) is 6.95. The maximum absolute atomic E-state index is 11.0. The maximum Gasteiger partial charge on any atom is 0.309 e. The van der Waals surface area contributed by atoms with Crippen LogP contribution in [0.3, 0.4) is 0 Å². The number of aliphatic carboxylic acids is 1. The predicted molar refractivity (Wildman–Crippen MR) is 73.8 cm³/mol. The van der Waals surface area contributed by atoms with Gasteiger partial charge in [0.1, 0.15) is 0 Å². The van der Waals surface area contributed by atoms with Crippen LogP contribution in [0, 0.1) is 5.41 Å². The summed E-state index contributed by atoms with van der Waals surface area (Å²) < 4.78 is 0. The number of nitrogens with zero attached hydrogens (tertiary/aromatic N) is 2. The Hall–Kier alpha value is -0.610. The highest BCUT2D eigenvalue weighted by atomic mass is 16.4. The zero-order valence-corrected chi connectivity index (χ0v) is 12.3. The molecule has 4 nitrogen and oxygen atoms in total. The summed E-state index contributed by atoms with van der Waals surface area (Å²) >= 11 is 0. The first-order valence-electron chi connectivity index (χ1n) is 6.95. The standard InChI is InChI=1S/C14H28N2O2/c1-14(2,13(17)18)8-6-10-16-9-5-7-12(16)11-15(3)4/h12H,5-11H2,1-4H3,(H,17,18). The number of carboxylic acids is 1. The summed E-state index contributed by atoms with van der Waals surface area (Å²) in [5.74, 6) is -0.686. The predicted octanol–water partition coefficient (Wildman–Crippen LogP) is 1.90. The minimum Gasteiger partial charge on any atom is -0.481 e. The van der Waals surface area contributed by atoms with Crippen molar-refractivity contribution in [1.82, 2.24) is 9.80 Å². The largest absolute Gasteiger partial charge is 0.481 e. The van der Waals surface area contributed by atoms with E-state index in [0.29, 0.717) is 6.04 Å². The van der Waals surface area contributed by atoms with Crippen molar-refractivity contribution in [3.8, 4) is 0 Å². The molecule has 0 spiro atoms. The van der Waals surface area contributed by atoms with Gasteiger partial charge in [-0.3, -0.25) is 9.69 Å². The second kappa shape index (κ2) is 6.53. The van der Waals surface area contributed by atoms with E-state index in [-0.39, 0.29) is 0 Å². The normalized spacial score (nSPS) is 21.7. The van der Waals surface area contributed by atoms with Crippen molar-refractivity contribution in [3.63, 3.8) is 0 Å². The quantitative estimate of drug-likeness (QED) is 0.755. The molecule has 1 fully saturated rings. The van der Waals surface area contributed by atoms with E-state index >= 15 is 0 Å². The lowest BCUT2D eigenvalue weighted by Gasteiger charge is -2.28. The van der Waals surface area contributed by atoms with Crippen LogP contribution in [0.1, 0.15) is 39.5 Å². The van der Waals surface area contributed by atoms with Crippen LogP contribution in [0.5, 0.6) is 0 Å². The molecule has 1 aliphatic rings. The molecule has 0 aromatic rings. The highest BCUT2D eigenvalue weighted by Crippen LogP contribution is 2.24. The molecule has 1 N–H and O–H groups in total. The molecule has 0 radical (unpaired) electrons. The smallest absolute Gasteiger partial charge is 0.309 e. The number of rotatable bonds is 7. The molecule has 106 valence electrons. The van der Waals surface area contributed by atoms with Gasteiger partial charge in [-0.15, -0.1) is 0 Å². The Balaban J connectivity index is 2.32. The van der Waals surface area contributed by atoms with Gasteiger partial charge in [-0.25, -0.2) is 0 Å². The third-order valence-corrected chi connectivity index (χ3v) is 3.90. The summed E-state index contributed by atoms with van der Waals surface area (Å²) in [5.41, 5.74) is -0.587. The summed E-state index contributed by atoms with van der Waals surface area (Å²) in [5, 5.41) is 9.08. The van der Waals surface area contributed by atoms with E-state index in [1.807, 2.05) is 13.8 Å². The summed E-state index contributed by atoms with van der Waals surface area (Å²) in [6, 6.07) is 0.660. The van der Waals surface area contributed by atoms with Crippen LogP contribution in [-0.4, -0.2) is 60.6 Å². The molecular formula is C14H28N2O2. The highest BCUT2D eigenvalue weighted by Gasteiger charge is 2.28. The molecule has 0 aromatic heterocycles. The Labute approximate surface area is 111 Å². The van der Waals surface area contributed by atoms with Gasteiger partial charge in [0, 0.05) is 12.6 Å². The number of hydrogen-bond acceptors (Lipinski definition) is 3. The molecule has 0 aromatic carbocycles. The summed E-state index contributed by atoms with van der Waals surface area (Å²) in [4.78, 5) is 15.8. The van der Waals surface area contributed by atoms with Crippen molar-refractivity contribution >= 4 is 5.97 Å². The summed E-state index contributed by atoms with van der Waals surface area (Å²) in [6.07, 6.45) is 4.29. The van der Waals surface area contributed by atoms with Crippen LogP contribution in [0.2, 0.25) is 0 Å². The van der Waals surface area contributed by atoms with Gasteiger partial charge in [-0.1, -0.05) is 0 Å². The lowest BCUT2D eigenvalue weighted by Crippen LogP contribution is -2.38. The number of likely N-dealkylation sites (N-methyl/N-ethyl adjacent to an activating group) is 1. The monoisotopic (exact) mass is 256 g/mol. The Morgan fingerprint density at radius 1 is 1.44 bits per heavy atom. The van der Waals surface area contributed by atoms with E-state index in [1.54, 1.807) is 0 Å². The zero-order valence-electron chi connectivity index (χ0n) is 12.3. The second-order valence-corrected chi connectivity index (χ2v) is 6.39. The molecule has 0 bridgehead atoms. The molecule has 4 heteroatoms. The van der Waals surface area contributed by atoms with E-state index in [0.717, 1.165) is 25.9 Å². The van der Waals surface area contributed by atoms with Gasteiger partial charge in [0.2, 0.25) is 0 Å². The molecule has 1 heterocycles. The van der Waals surface area contributed by atoms with Crippen molar-refractivity contribution in [2.45, 2.75) is 45.6 Å². The van der Waals surface area contributed by atoms with Crippen LogP contribution in [-0.2, 0) is 4.79 Å².